The average Bonchev–Trinajstić information content (AvgIpc) is 2.88. The van der Waals surface area contributed by atoms with Crippen LogP contribution in [0.15, 0.2) is 59.5 Å². The van der Waals surface area contributed by atoms with Crippen molar-refractivity contribution in [3.05, 3.63) is 64.7 Å². The molecule has 1 fully saturated rings. The van der Waals surface area contributed by atoms with E-state index in [9.17, 15) is 18.5 Å². The highest BCUT2D eigenvalue weighted by Gasteiger charge is 2.30. The van der Waals surface area contributed by atoms with Crippen LogP contribution < -0.4 is 14.4 Å². The Kier molecular flexibility index (Phi) is 6.61. The predicted octanol–water partition coefficient (Wildman–Crippen LogP) is 2.58. The third-order valence-electron chi connectivity index (χ3n) is 5.56. The van der Waals surface area contributed by atoms with Gasteiger partial charge in [-0.2, -0.15) is 4.31 Å². The second kappa shape index (κ2) is 9.61. The van der Waals surface area contributed by atoms with Crippen molar-refractivity contribution in [2.75, 3.05) is 45.3 Å². The van der Waals surface area contributed by atoms with Crippen molar-refractivity contribution in [1.29, 1.82) is 0 Å². The standard InChI is InChI=1S/C22H23N5O6S/c1-32-20-8-6-16(14-21(20)33-2)19-7-9-22(24-23-19)25-10-12-26(13-11-25)34(30,31)18-5-3-4-17(15-18)27(28)29/h3-9,14-15H,10-13H2,1-2H3. The molecule has 11 nitrogen and oxygen atoms in total. The quantitative estimate of drug-likeness (QED) is 0.366. The summed E-state index contributed by atoms with van der Waals surface area (Å²) in [7, 11) is -0.700. The first-order valence-electron chi connectivity index (χ1n) is 10.4. The molecule has 1 aromatic heterocycles. The van der Waals surface area contributed by atoms with Gasteiger partial charge in [0.15, 0.2) is 17.3 Å². The van der Waals surface area contributed by atoms with Gasteiger partial charge in [-0.05, 0) is 36.4 Å². The molecule has 2 heterocycles. The number of methoxy groups -OCH3 is 2. The van der Waals surface area contributed by atoms with Crippen LogP contribution in [0.2, 0.25) is 0 Å². The molecule has 1 aliphatic heterocycles. The molecule has 0 radical (unpaired) electrons. The Labute approximate surface area is 196 Å². The van der Waals surface area contributed by atoms with Crippen molar-refractivity contribution in [3.63, 3.8) is 0 Å². The van der Waals surface area contributed by atoms with E-state index in [1.165, 1.54) is 22.5 Å². The minimum atomic E-state index is -3.83. The van der Waals surface area contributed by atoms with Gasteiger partial charge in [0.25, 0.3) is 5.69 Å². The van der Waals surface area contributed by atoms with Crippen LogP contribution in [0.25, 0.3) is 11.3 Å². The Morgan fingerprint density at radius 1 is 0.912 bits per heavy atom. The van der Waals surface area contributed by atoms with Crippen molar-refractivity contribution >= 4 is 21.5 Å². The first-order valence-corrected chi connectivity index (χ1v) is 11.8. The summed E-state index contributed by atoms with van der Waals surface area (Å²) in [4.78, 5) is 12.2. The van der Waals surface area contributed by atoms with Crippen LogP contribution in [0.1, 0.15) is 0 Å². The normalized spacial score (nSPS) is 14.6. The zero-order valence-electron chi connectivity index (χ0n) is 18.6. The molecular weight excluding hydrogens is 462 g/mol. The summed E-state index contributed by atoms with van der Waals surface area (Å²) in [6.45, 7) is 1.28. The summed E-state index contributed by atoms with van der Waals surface area (Å²) in [6.07, 6.45) is 0. The molecule has 0 spiro atoms. The summed E-state index contributed by atoms with van der Waals surface area (Å²) in [5.74, 6) is 1.84. The number of piperazine rings is 1. The van der Waals surface area contributed by atoms with Crippen molar-refractivity contribution in [3.8, 4) is 22.8 Å². The lowest BCUT2D eigenvalue weighted by molar-refractivity contribution is -0.385. The van der Waals surface area contributed by atoms with E-state index in [0.717, 1.165) is 11.6 Å². The second-order valence-corrected chi connectivity index (χ2v) is 9.43. The molecule has 0 aliphatic carbocycles. The molecule has 34 heavy (non-hydrogen) atoms. The maximum absolute atomic E-state index is 12.9. The van der Waals surface area contributed by atoms with Gasteiger partial charge in [0.05, 0.1) is 29.7 Å². The Morgan fingerprint density at radius 3 is 2.26 bits per heavy atom. The lowest BCUT2D eigenvalue weighted by Crippen LogP contribution is -2.49. The summed E-state index contributed by atoms with van der Waals surface area (Å²) in [5.41, 5.74) is 1.23. The number of nitro benzene ring substituents is 1. The first-order chi connectivity index (χ1) is 16.3. The molecule has 0 saturated carbocycles. The van der Waals surface area contributed by atoms with Crippen molar-refractivity contribution in [2.45, 2.75) is 4.90 Å². The number of ether oxygens (including phenoxy) is 2. The fourth-order valence-corrected chi connectivity index (χ4v) is 5.17. The third-order valence-corrected chi connectivity index (χ3v) is 7.45. The van der Waals surface area contributed by atoms with Crippen LogP contribution in [0.3, 0.4) is 0 Å². The Hall–Kier alpha value is -3.77. The van der Waals surface area contributed by atoms with Crippen LogP contribution in [-0.4, -0.2) is 68.2 Å². The minimum absolute atomic E-state index is 0.0887. The minimum Gasteiger partial charge on any atom is -0.493 e. The highest BCUT2D eigenvalue weighted by Crippen LogP contribution is 2.32. The van der Waals surface area contributed by atoms with Crippen molar-refractivity contribution in [2.24, 2.45) is 0 Å². The Balaban J connectivity index is 1.44. The van der Waals surface area contributed by atoms with Gasteiger partial charge in [-0.1, -0.05) is 6.07 Å². The highest BCUT2D eigenvalue weighted by molar-refractivity contribution is 7.89. The summed E-state index contributed by atoms with van der Waals surface area (Å²) >= 11 is 0. The number of hydrogen-bond donors (Lipinski definition) is 0. The van der Waals surface area contributed by atoms with E-state index in [-0.39, 0.29) is 23.7 Å². The van der Waals surface area contributed by atoms with E-state index in [4.69, 9.17) is 9.47 Å². The summed E-state index contributed by atoms with van der Waals surface area (Å²) in [6, 6.07) is 14.2. The first kappa shape index (κ1) is 23.4. The monoisotopic (exact) mass is 485 g/mol. The van der Waals surface area contributed by atoms with Gasteiger partial charge in [0.1, 0.15) is 0 Å². The van der Waals surface area contributed by atoms with Crippen LogP contribution >= 0.6 is 0 Å². The molecule has 2 aromatic carbocycles. The van der Waals surface area contributed by atoms with Gasteiger partial charge < -0.3 is 14.4 Å². The van der Waals surface area contributed by atoms with Gasteiger partial charge in [-0.3, -0.25) is 10.1 Å². The van der Waals surface area contributed by atoms with Crippen LogP contribution in [0.5, 0.6) is 11.5 Å². The third kappa shape index (κ3) is 4.63. The van der Waals surface area contributed by atoms with Crippen molar-refractivity contribution < 1.29 is 22.8 Å². The number of aromatic nitrogens is 2. The highest BCUT2D eigenvalue weighted by atomic mass is 32.2. The lowest BCUT2D eigenvalue weighted by Gasteiger charge is -2.34. The number of rotatable bonds is 7. The average molecular weight is 486 g/mol. The molecule has 0 amide bonds. The number of nitrogens with zero attached hydrogens (tertiary/aromatic N) is 5. The van der Waals surface area contributed by atoms with Crippen LogP contribution in [-0.2, 0) is 10.0 Å². The molecule has 4 rings (SSSR count). The van der Waals surface area contributed by atoms with Gasteiger partial charge >= 0.3 is 0 Å². The Bertz CT molecular complexity index is 1290. The van der Waals surface area contributed by atoms with E-state index in [0.29, 0.717) is 36.1 Å². The van der Waals surface area contributed by atoms with Gasteiger partial charge in [0, 0.05) is 43.9 Å². The van der Waals surface area contributed by atoms with E-state index < -0.39 is 14.9 Å². The largest absolute Gasteiger partial charge is 0.493 e. The number of nitro groups is 1. The number of anilines is 1. The smallest absolute Gasteiger partial charge is 0.270 e. The fourth-order valence-electron chi connectivity index (χ4n) is 3.71. The van der Waals surface area contributed by atoms with Crippen molar-refractivity contribution in [1.82, 2.24) is 14.5 Å². The SMILES string of the molecule is COc1ccc(-c2ccc(N3CCN(S(=O)(=O)c4cccc([N+](=O)[O-])c4)CC3)nn2)cc1OC. The maximum Gasteiger partial charge on any atom is 0.270 e. The molecule has 12 heteroatoms. The lowest BCUT2D eigenvalue weighted by atomic mass is 10.1. The summed E-state index contributed by atoms with van der Waals surface area (Å²) < 4.78 is 37.8. The van der Waals surface area contributed by atoms with E-state index in [1.54, 1.807) is 20.3 Å². The van der Waals surface area contributed by atoms with Crippen LogP contribution in [0.4, 0.5) is 11.5 Å². The fraction of sp³-hybridized carbons (Fsp3) is 0.273. The molecule has 178 valence electrons. The molecule has 0 N–H and O–H groups in total. The molecule has 3 aromatic rings. The molecule has 1 saturated heterocycles. The van der Waals surface area contributed by atoms with Gasteiger partial charge in [0.2, 0.25) is 10.0 Å². The summed E-state index contributed by atoms with van der Waals surface area (Å²) in [5, 5.41) is 19.6. The zero-order valence-corrected chi connectivity index (χ0v) is 19.4. The molecule has 1 aliphatic rings. The number of non-ortho nitro benzene ring substituents is 1. The topological polar surface area (TPSA) is 128 Å². The zero-order chi connectivity index (χ0) is 24.3. The molecular formula is C22H23N5O6S. The molecule has 0 atom stereocenters. The van der Waals surface area contributed by atoms with E-state index >= 15 is 0 Å². The predicted molar refractivity (Wildman–Crippen MR) is 125 cm³/mol. The number of hydrogen-bond acceptors (Lipinski definition) is 9. The van der Waals surface area contributed by atoms with Gasteiger partial charge in [-0.25, -0.2) is 8.42 Å². The van der Waals surface area contributed by atoms with E-state index in [2.05, 4.69) is 10.2 Å². The van der Waals surface area contributed by atoms with Crippen LogP contribution in [0, 0.1) is 10.1 Å². The Morgan fingerprint density at radius 2 is 1.65 bits per heavy atom. The maximum atomic E-state index is 12.9. The van der Waals surface area contributed by atoms with E-state index in [1.807, 2.05) is 29.2 Å². The molecule has 0 unspecified atom stereocenters. The number of sulfonamides is 1. The molecule has 0 bridgehead atoms. The second-order valence-electron chi connectivity index (χ2n) is 7.49. The number of benzene rings is 2. The van der Waals surface area contributed by atoms with Gasteiger partial charge in [-0.15, -0.1) is 10.2 Å².